The summed E-state index contributed by atoms with van der Waals surface area (Å²) in [6.07, 6.45) is 6.35. The molecule has 1 aliphatic carbocycles. The Bertz CT molecular complexity index is 658. The summed E-state index contributed by atoms with van der Waals surface area (Å²) in [6, 6.07) is 19.0. The van der Waals surface area contributed by atoms with Gasteiger partial charge in [-0.15, -0.1) is 24.8 Å². The van der Waals surface area contributed by atoms with Gasteiger partial charge in [-0.2, -0.15) is 0 Å². The standard InChI is InChI=1S/C23H32N2.2ClH/c1-3-19-11-13-20(14-12-19)16-24-22-9-4-5-10-23(22)25-17-21-8-6-7-18(2)15-21;;/h6-8,11-15,22-25H,3-5,9-10,16-17H2,1-2H3;2*1H. The molecule has 150 valence electrons. The predicted octanol–water partition coefficient (Wildman–Crippen LogP) is 5.59. The molecule has 0 saturated heterocycles. The van der Waals surface area contributed by atoms with E-state index < -0.39 is 0 Å². The van der Waals surface area contributed by atoms with Crippen LogP contribution in [-0.4, -0.2) is 12.1 Å². The third kappa shape index (κ3) is 7.46. The van der Waals surface area contributed by atoms with E-state index in [1.54, 1.807) is 0 Å². The van der Waals surface area contributed by atoms with Crippen molar-refractivity contribution in [1.82, 2.24) is 10.6 Å². The molecule has 0 bridgehead atoms. The highest BCUT2D eigenvalue weighted by atomic mass is 35.5. The van der Waals surface area contributed by atoms with Crippen molar-refractivity contribution in [2.45, 2.75) is 71.1 Å². The Morgan fingerprint density at radius 2 is 1.33 bits per heavy atom. The topological polar surface area (TPSA) is 24.1 Å². The number of aryl methyl sites for hydroxylation is 2. The monoisotopic (exact) mass is 408 g/mol. The van der Waals surface area contributed by atoms with E-state index in [9.17, 15) is 0 Å². The summed E-state index contributed by atoms with van der Waals surface area (Å²) in [4.78, 5) is 0. The fraction of sp³-hybridized carbons (Fsp3) is 0.478. The first kappa shape index (κ1) is 24.0. The molecular weight excluding hydrogens is 375 g/mol. The van der Waals surface area contributed by atoms with Gasteiger partial charge < -0.3 is 10.6 Å². The van der Waals surface area contributed by atoms with Crippen LogP contribution in [0.5, 0.6) is 0 Å². The summed E-state index contributed by atoms with van der Waals surface area (Å²) >= 11 is 0. The van der Waals surface area contributed by atoms with Gasteiger partial charge in [-0.3, -0.25) is 0 Å². The quantitative estimate of drug-likeness (QED) is 0.623. The number of halogens is 2. The maximum atomic E-state index is 3.81. The lowest BCUT2D eigenvalue weighted by atomic mass is 9.90. The maximum Gasteiger partial charge on any atom is 0.0224 e. The van der Waals surface area contributed by atoms with Crippen molar-refractivity contribution in [3.05, 3.63) is 70.8 Å². The lowest BCUT2D eigenvalue weighted by Gasteiger charge is -2.33. The molecule has 0 spiro atoms. The molecule has 0 amide bonds. The summed E-state index contributed by atoms with van der Waals surface area (Å²) in [5, 5.41) is 7.62. The predicted molar refractivity (Wildman–Crippen MR) is 121 cm³/mol. The van der Waals surface area contributed by atoms with Crippen LogP contribution < -0.4 is 10.6 Å². The van der Waals surface area contributed by atoms with E-state index in [-0.39, 0.29) is 24.8 Å². The Kier molecular flexibility index (Phi) is 11.0. The minimum Gasteiger partial charge on any atom is -0.308 e. The van der Waals surface area contributed by atoms with Gasteiger partial charge in [-0.25, -0.2) is 0 Å². The minimum atomic E-state index is 0. The van der Waals surface area contributed by atoms with Crippen molar-refractivity contribution < 1.29 is 0 Å². The first-order valence-corrected chi connectivity index (χ1v) is 9.84. The molecule has 2 atom stereocenters. The van der Waals surface area contributed by atoms with Crippen LogP contribution >= 0.6 is 24.8 Å². The van der Waals surface area contributed by atoms with Gasteiger partial charge in [-0.1, -0.05) is 73.9 Å². The maximum absolute atomic E-state index is 3.81. The zero-order chi connectivity index (χ0) is 17.5. The number of benzene rings is 2. The molecule has 2 nitrogen and oxygen atoms in total. The van der Waals surface area contributed by atoms with Gasteiger partial charge in [0.2, 0.25) is 0 Å². The molecule has 2 aromatic carbocycles. The number of hydrogen-bond donors (Lipinski definition) is 2. The summed E-state index contributed by atoms with van der Waals surface area (Å²) in [7, 11) is 0. The highest BCUT2D eigenvalue weighted by molar-refractivity contribution is 5.85. The summed E-state index contributed by atoms with van der Waals surface area (Å²) in [5.74, 6) is 0. The lowest BCUT2D eigenvalue weighted by Crippen LogP contribution is -2.49. The van der Waals surface area contributed by atoms with Crippen molar-refractivity contribution in [3.8, 4) is 0 Å². The van der Waals surface area contributed by atoms with Gasteiger partial charge in [-0.05, 0) is 42.9 Å². The molecule has 0 aromatic heterocycles. The molecule has 3 rings (SSSR count). The Hall–Kier alpha value is -1.06. The molecule has 1 saturated carbocycles. The van der Waals surface area contributed by atoms with Crippen LogP contribution in [-0.2, 0) is 19.5 Å². The SMILES string of the molecule is CCc1ccc(CNC2CCCCC2NCc2cccc(C)c2)cc1.Cl.Cl. The van der Waals surface area contributed by atoms with Gasteiger partial charge >= 0.3 is 0 Å². The summed E-state index contributed by atoms with van der Waals surface area (Å²) in [6.45, 7) is 6.31. The van der Waals surface area contributed by atoms with Gasteiger partial charge in [0.1, 0.15) is 0 Å². The minimum absolute atomic E-state index is 0. The first-order chi connectivity index (χ1) is 12.2. The van der Waals surface area contributed by atoms with Crippen molar-refractivity contribution in [3.63, 3.8) is 0 Å². The summed E-state index contributed by atoms with van der Waals surface area (Å²) < 4.78 is 0. The molecule has 4 heteroatoms. The van der Waals surface area contributed by atoms with Crippen LogP contribution in [0.2, 0.25) is 0 Å². The van der Waals surface area contributed by atoms with Crippen LogP contribution in [0.1, 0.15) is 54.9 Å². The highest BCUT2D eigenvalue weighted by Crippen LogP contribution is 2.20. The number of hydrogen-bond acceptors (Lipinski definition) is 2. The second-order valence-electron chi connectivity index (χ2n) is 7.42. The fourth-order valence-electron chi connectivity index (χ4n) is 3.83. The summed E-state index contributed by atoms with van der Waals surface area (Å²) in [5.41, 5.74) is 5.53. The average Bonchev–Trinajstić information content (AvgIpc) is 2.66. The molecule has 1 aliphatic rings. The highest BCUT2D eigenvalue weighted by Gasteiger charge is 2.24. The Balaban J connectivity index is 0.00000182. The normalized spacial score (nSPS) is 19.0. The third-order valence-electron chi connectivity index (χ3n) is 5.42. The third-order valence-corrected chi connectivity index (χ3v) is 5.42. The van der Waals surface area contributed by atoms with Crippen LogP contribution in [0, 0.1) is 6.92 Å². The van der Waals surface area contributed by atoms with Crippen molar-refractivity contribution in [1.29, 1.82) is 0 Å². The molecular formula is C23H34Cl2N2. The van der Waals surface area contributed by atoms with Crippen molar-refractivity contribution >= 4 is 24.8 Å². The molecule has 2 N–H and O–H groups in total. The van der Waals surface area contributed by atoms with E-state index in [4.69, 9.17) is 0 Å². The van der Waals surface area contributed by atoms with E-state index in [1.165, 1.54) is 47.9 Å². The Morgan fingerprint density at radius 3 is 1.89 bits per heavy atom. The zero-order valence-corrected chi connectivity index (χ0v) is 18.2. The van der Waals surface area contributed by atoms with Crippen molar-refractivity contribution in [2.75, 3.05) is 0 Å². The Morgan fingerprint density at radius 1 is 0.778 bits per heavy atom. The molecule has 27 heavy (non-hydrogen) atoms. The number of rotatable bonds is 7. The van der Waals surface area contributed by atoms with Crippen LogP contribution in [0.3, 0.4) is 0 Å². The van der Waals surface area contributed by atoms with Crippen LogP contribution in [0.25, 0.3) is 0 Å². The van der Waals surface area contributed by atoms with Crippen molar-refractivity contribution in [2.24, 2.45) is 0 Å². The molecule has 0 aliphatic heterocycles. The molecule has 2 unspecified atom stereocenters. The van der Waals surface area contributed by atoms with Crippen LogP contribution in [0.15, 0.2) is 48.5 Å². The Labute approximate surface area is 177 Å². The molecule has 2 aromatic rings. The van der Waals surface area contributed by atoms with Gasteiger partial charge in [0.15, 0.2) is 0 Å². The van der Waals surface area contributed by atoms with E-state index in [1.807, 2.05) is 0 Å². The molecule has 1 fully saturated rings. The van der Waals surface area contributed by atoms with E-state index in [0.717, 1.165) is 19.5 Å². The number of nitrogens with one attached hydrogen (secondary N) is 2. The largest absolute Gasteiger partial charge is 0.308 e. The zero-order valence-electron chi connectivity index (χ0n) is 16.5. The van der Waals surface area contributed by atoms with Gasteiger partial charge in [0, 0.05) is 25.2 Å². The lowest BCUT2D eigenvalue weighted by molar-refractivity contribution is 0.281. The van der Waals surface area contributed by atoms with E-state index in [2.05, 4.69) is 73.0 Å². The molecule has 0 heterocycles. The second kappa shape index (κ2) is 12.4. The fourth-order valence-corrected chi connectivity index (χ4v) is 3.83. The van der Waals surface area contributed by atoms with Gasteiger partial charge in [0.25, 0.3) is 0 Å². The molecule has 0 radical (unpaired) electrons. The smallest absolute Gasteiger partial charge is 0.0224 e. The average molecular weight is 409 g/mol. The second-order valence-corrected chi connectivity index (χ2v) is 7.42. The van der Waals surface area contributed by atoms with Gasteiger partial charge in [0.05, 0.1) is 0 Å². The van der Waals surface area contributed by atoms with E-state index in [0.29, 0.717) is 12.1 Å². The van der Waals surface area contributed by atoms with Crippen LogP contribution in [0.4, 0.5) is 0 Å². The van der Waals surface area contributed by atoms with E-state index >= 15 is 0 Å². The first-order valence-electron chi connectivity index (χ1n) is 9.84.